The van der Waals surface area contributed by atoms with Gasteiger partial charge in [0.15, 0.2) is 0 Å². The van der Waals surface area contributed by atoms with Crippen LogP contribution in [0.15, 0.2) is 4.99 Å². The lowest BCUT2D eigenvalue weighted by molar-refractivity contribution is -0.117. The summed E-state index contributed by atoms with van der Waals surface area (Å²) in [7, 11) is 0. The van der Waals surface area contributed by atoms with Gasteiger partial charge in [-0.15, -0.1) is 0 Å². The van der Waals surface area contributed by atoms with Crippen molar-refractivity contribution >= 4 is 12.5 Å². The van der Waals surface area contributed by atoms with Gasteiger partial charge in [-0.1, -0.05) is 13.3 Å². The molecule has 0 bridgehead atoms. The summed E-state index contributed by atoms with van der Waals surface area (Å²) < 4.78 is 0. The minimum atomic E-state index is 0.307. The van der Waals surface area contributed by atoms with Crippen LogP contribution < -0.4 is 0 Å². The number of hydrogen-bond acceptors (Lipinski definition) is 2. The monoisotopic (exact) mass is 157 g/mol. The molecule has 0 aliphatic rings. The molecule has 0 aromatic rings. The maximum Gasteiger partial charge on any atom is 0.129 e. The summed E-state index contributed by atoms with van der Waals surface area (Å²) in [6.07, 6.45) is 2.94. The average molecular weight is 157 g/mol. The van der Waals surface area contributed by atoms with Crippen molar-refractivity contribution in [3.63, 3.8) is 0 Å². The van der Waals surface area contributed by atoms with E-state index in [-0.39, 0.29) is 0 Å². The van der Waals surface area contributed by atoms with E-state index in [1.54, 1.807) is 6.92 Å². The third-order valence-corrected chi connectivity index (χ3v) is 1.11. The predicted molar refractivity (Wildman–Crippen MR) is 50.3 cm³/mol. The number of rotatable bonds is 4. The van der Waals surface area contributed by atoms with Crippen LogP contribution in [-0.4, -0.2) is 19.0 Å². The maximum absolute atomic E-state index is 10.2. The third-order valence-electron chi connectivity index (χ3n) is 1.11. The highest BCUT2D eigenvalue weighted by Gasteiger charge is 1.87. The number of Topliss-reactive ketones (excluding diaryl/α,β-unsaturated/α-hetero) is 1. The summed E-state index contributed by atoms with van der Waals surface area (Å²) in [5.41, 5.74) is 0. The van der Waals surface area contributed by atoms with Crippen molar-refractivity contribution in [2.45, 2.75) is 40.0 Å². The van der Waals surface area contributed by atoms with Crippen LogP contribution in [0.3, 0.4) is 0 Å². The zero-order chi connectivity index (χ0) is 9.11. The number of carbonyl (C=O) groups excluding carboxylic acids is 1. The molecule has 0 atom stereocenters. The van der Waals surface area contributed by atoms with Gasteiger partial charge in [-0.2, -0.15) is 0 Å². The Kier molecular flexibility index (Phi) is 14.2. The van der Waals surface area contributed by atoms with E-state index < -0.39 is 0 Å². The van der Waals surface area contributed by atoms with E-state index in [4.69, 9.17) is 0 Å². The molecular formula is C9H19NO. The quantitative estimate of drug-likeness (QED) is 0.576. The molecule has 0 unspecified atom stereocenters. The van der Waals surface area contributed by atoms with Crippen LogP contribution in [0.25, 0.3) is 0 Å². The molecule has 0 saturated carbocycles. The molecule has 0 rings (SSSR count). The Labute approximate surface area is 69.7 Å². The van der Waals surface area contributed by atoms with Crippen LogP contribution in [-0.2, 0) is 4.79 Å². The summed E-state index contributed by atoms with van der Waals surface area (Å²) in [5.74, 6) is 0.307. The SMILES string of the molecule is C=NCC.CCCCC(C)=O. The summed E-state index contributed by atoms with van der Waals surface area (Å²) in [5, 5.41) is 0. The van der Waals surface area contributed by atoms with Crippen LogP contribution in [0, 0.1) is 0 Å². The minimum absolute atomic E-state index is 0.307. The number of nitrogens with zero attached hydrogens (tertiary/aromatic N) is 1. The molecule has 11 heavy (non-hydrogen) atoms. The lowest BCUT2D eigenvalue weighted by Crippen LogP contribution is -1.86. The summed E-state index contributed by atoms with van der Waals surface area (Å²) in [6, 6.07) is 0. The smallest absolute Gasteiger partial charge is 0.129 e. The van der Waals surface area contributed by atoms with Gasteiger partial charge >= 0.3 is 0 Å². The Morgan fingerprint density at radius 2 is 1.91 bits per heavy atom. The maximum atomic E-state index is 10.2. The third kappa shape index (κ3) is 26.7. The number of ketones is 1. The van der Waals surface area contributed by atoms with E-state index in [0.29, 0.717) is 5.78 Å². The zero-order valence-corrected chi connectivity index (χ0v) is 7.89. The highest BCUT2D eigenvalue weighted by molar-refractivity contribution is 5.75. The van der Waals surface area contributed by atoms with Crippen molar-refractivity contribution in [1.82, 2.24) is 0 Å². The standard InChI is InChI=1S/C6H12O.C3H7N/c1-3-4-5-6(2)7;1-3-4-2/h3-5H2,1-2H3;2-3H2,1H3. The highest BCUT2D eigenvalue weighted by Crippen LogP contribution is 1.92. The van der Waals surface area contributed by atoms with Gasteiger partial charge in [-0.05, 0) is 27.0 Å². The van der Waals surface area contributed by atoms with Crippen molar-refractivity contribution in [3.05, 3.63) is 0 Å². The lowest BCUT2D eigenvalue weighted by Gasteiger charge is -1.86. The molecule has 0 amide bonds. The van der Waals surface area contributed by atoms with Crippen LogP contribution in [0.4, 0.5) is 0 Å². The molecule has 0 aromatic heterocycles. The second-order valence-corrected chi connectivity index (χ2v) is 2.35. The largest absolute Gasteiger partial charge is 0.301 e. The molecular weight excluding hydrogens is 138 g/mol. The second-order valence-electron chi connectivity index (χ2n) is 2.35. The Bertz CT molecular complexity index is 99.7. The van der Waals surface area contributed by atoms with Crippen molar-refractivity contribution < 1.29 is 4.79 Å². The van der Waals surface area contributed by atoms with Gasteiger partial charge in [0.05, 0.1) is 0 Å². The molecule has 0 aliphatic carbocycles. The molecule has 2 heteroatoms. The van der Waals surface area contributed by atoms with E-state index in [9.17, 15) is 4.79 Å². The predicted octanol–water partition coefficient (Wildman–Crippen LogP) is 2.47. The first-order chi connectivity index (χ1) is 5.18. The first kappa shape index (κ1) is 13.0. The van der Waals surface area contributed by atoms with E-state index in [1.807, 2.05) is 6.92 Å². The van der Waals surface area contributed by atoms with Gasteiger partial charge in [0, 0.05) is 13.0 Å². The number of hydrogen-bond donors (Lipinski definition) is 0. The first-order valence-electron chi connectivity index (χ1n) is 4.10. The normalized spacial score (nSPS) is 7.91. The zero-order valence-electron chi connectivity index (χ0n) is 7.89. The molecule has 0 radical (unpaired) electrons. The molecule has 0 aliphatic heterocycles. The summed E-state index contributed by atoms with van der Waals surface area (Å²) in [4.78, 5) is 13.7. The Balaban J connectivity index is 0. The van der Waals surface area contributed by atoms with E-state index >= 15 is 0 Å². The minimum Gasteiger partial charge on any atom is -0.301 e. The molecule has 2 nitrogen and oxygen atoms in total. The van der Waals surface area contributed by atoms with Gasteiger partial charge in [0.1, 0.15) is 5.78 Å². The van der Waals surface area contributed by atoms with Crippen LogP contribution in [0.5, 0.6) is 0 Å². The van der Waals surface area contributed by atoms with Crippen LogP contribution >= 0.6 is 0 Å². The van der Waals surface area contributed by atoms with Gasteiger partial charge in [-0.25, -0.2) is 0 Å². The molecule has 0 N–H and O–H groups in total. The van der Waals surface area contributed by atoms with Gasteiger partial charge in [0.2, 0.25) is 0 Å². The summed E-state index contributed by atoms with van der Waals surface area (Å²) >= 11 is 0. The molecule has 0 heterocycles. The summed E-state index contributed by atoms with van der Waals surface area (Å²) in [6.45, 7) is 9.73. The van der Waals surface area contributed by atoms with Crippen molar-refractivity contribution in [2.24, 2.45) is 4.99 Å². The Morgan fingerprint density at radius 3 is 2.00 bits per heavy atom. The van der Waals surface area contributed by atoms with Crippen molar-refractivity contribution in [2.75, 3.05) is 6.54 Å². The Morgan fingerprint density at radius 1 is 1.45 bits per heavy atom. The number of aliphatic imine (C=N–C) groups is 1. The highest BCUT2D eigenvalue weighted by atomic mass is 16.1. The van der Waals surface area contributed by atoms with E-state index in [0.717, 1.165) is 25.8 Å². The number of carbonyl (C=O) groups is 1. The van der Waals surface area contributed by atoms with Crippen molar-refractivity contribution in [3.8, 4) is 0 Å². The van der Waals surface area contributed by atoms with Crippen LogP contribution in [0.1, 0.15) is 40.0 Å². The number of unbranched alkanes of at least 4 members (excludes halogenated alkanes) is 1. The molecule has 0 fully saturated rings. The molecule has 0 aromatic carbocycles. The van der Waals surface area contributed by atoms with Crippen LogP contribution in [0.2, 0.25) is 0 Å². The molecule has 66 valence electrons. The first-order valence-corrected chi connectivity index (χ1v) is 4.10. The average Bonchev–Trinajstić information content (AvgIpc) is 2.01. The van der Waals surface area contributed by atoms with Gasteiger partial charge < -0.3 is 9.79 Å². The molecule has 0 spiro atoms. The Hall–Kier alpha value is -0.660. The topological polar surface area (TPSA) is 29.4 Å². The van der Waals surface area contributed by atoms with E-state index in [1.165, 1.54) is 0 Å². The van der Waals surface area contributed by atoms with E-state index in [2.05, 4.69) is 18.6 Å². The van der Waals surface area contributed by atoms with Gasteiger partial charge in [0.25, 0.3) is 0 Å². The lowest BCUT2D eigenvalue weighted by atomic mass is 10.2. The fourth-order valence-electron chi connectivity index (χ4n) is 0.426. The van der Waals surface area contributed by atoms with Crippen molar-refractivity contribution in [1.29, 1.82) is 0 Å². The fourth-order valence-corrected chi connectivity index (χ4v) is 0.426. The van der Waals surface area contributed by atoms with Gasteiger partial charge in [-0.3, -0.25) is 0 Å². The molecule has 0 saturated heterocycles. The fraction of sp³-hybridized carbons (Fsp3) is 0.778. The second kappa shape index (κ2) is 12.1.